The lowest BCUT2D eigenvalue weighted by atomic mass is 9.62. The molecule has 5 nitrogen and oxygen atoms in total. The Hall–Kier alpha value is -1.62. The third-order valence-electron chi connectivity index (χ3n) is 7.28. The summed E-state index contributed by atoms with van der Waals surface area (Å²) in [6.07, 6.45) is 9.71. The number of hydrogen-bond acceptors (Lipinski definition) is 5. The Morgan fingerprint density at radius 3 is 3.04 bits per heavy atom. The van der Waals surface area contributed by atoms with Crippen molar-refractivity contribution in [3.05, 3.63) is 23.3 Å². The maximum absolute atomic E-state index is 12.7. The molecule has 4 aliphatic rings. The first-order valence-electron chi connectivity index (χ1n) is 10.9. The molecule has 0 N–H and O–H groups in total. The standard InChI is InChI=1S/C23H33NO4/c1-4-27-21(25)16-8-6-10-24(13-16)14-18-17-11-19-15(2)7-5-9-23(19,3)12-20(17)28-22(18)26/h7,11,16-18,20H,4-6,8-10,12-14H2,1-3H3/t16?,17-,18?,20-,23-/m1/s1. The average Bonchev–Trinajstić information content (AvgIpc) is 2.94. The number of ether oxygens (including phenoxy) is 2. The molecule has 2 unspecified atom stereocenters. The number of fused-ring (bicyclic) bond motifs is 2. The fraction of sp³-hybridized carbons (Fsp3) is 0.739. The van der Waals surface area contributed by atoms with E-state index in [0.717, 1.165) is 38.6 Å². The summed E-state index contributed by atoms with van der Waals surface area (Å²) in [4.78, 5) is 27.2. The molecule has 2 heterocycles. The van der Waals surface area contributed by atoms with Gasteiger partial charge in [-0.15, -0.1) is 0 Å². The molecule has 2 aliphatic heterocycles. The van der Waals surface area contributed by atoms with Crippen LogP contribution in [0.25, 0.3) is 0 Å². The number of carbonyl (C=O) groups excluding carboxylic acids is 2. The van der Waals surface area contributed by atoms with Gasteiger partial charge in [0.15, 0.2) is 0 Å². The fourth-order valence-corrected chi connectivity index (χ4v) is 5.79. The molecular weight excluding hydrogens is 354 g/mol. The van der Waals surface area contributed by atoms with Crippen LogP contribution in [0.2, 0.25) is 0 Å². The van der Waals surface area contributed by atoms with Crippen LogP contribution < -0.4 is 0 Å². The zero-order valence-corrected chi connectivity index (χ0v) is 17.4. The molecule has 0 bridgehead atoms. The van der Waals surface area contributed by atoms with E-state index in [2.05, 4.69) is 30.9 Å². The zero-order chi connectivity index (χ0) is 19.9. The highest BCUT2D eigenvalue weighted by atomic mass is 16.6. The largest absolute Gasteiger partial charge is 0.466 e. The van der Waals surface area contributed by atoms with Gasteiger partial charge in [0, 0.05) is 19.0 Å². The first-order valence-corrected chi connectivity index (χ1v) is 10.9. The predicted octanol–water partition coefficient (Wildman–Crippen LogP) is 3.50. The van der Waals surface area contributed by atoms with E-state index < -0.39 is 0 Å². The van der Waals surface area contributed by atoms with E-state index >= 15 is 0 Å². The van der Waals surface area contributed by atoms with Crippen molar-refractivity contribution in [3.8, 4) is 0 Å². The van der Waals surface area contributed by atoms with Crippen LogP contribution in [-0.4, -0.2) is 49.2 Å². The number of esters is 2. The number of likely N-dealkylation sites (tertiary alicyclic amines) is 1. The number of allylic oxidation sites excluding steroid dienone is 3. The van der Waals surface area contributed by atoms with Gasteiger partial charge in [0.05, 0.1) is 18.4 Å². The van der Waals surface area contributed by atoms with Crippen LogP contribution in [0.4, 0.5) is 0 Å². The molecule has 5 heteroatoms. The monoisotopic (exact) mass is 387 g/mol. The molecule has 2 aliphatic carbocycles. The van der Waals surface area contributed by atoms with Gasteiger partial charge in [0.2, 0.25) is 0 Å². The van der Waals surface area contributed by atoms with Gasteiger partial charge >= 0.3 is 11.9 Å². The van der Waals surface area contributed by atoms with E-state index in [9.17, 15) is 9.59 Å². The van der Waals surface area contributed by atoms with E-state index in [0.29, 0.717) is 19.7 Å². The van der Waals surface area contributed by atoms with Crippen LogP contribution in [0.5, 0.6) is 0 Å². The quantitative estimate of drug-likeness (QED) is 0.691. The molecule has 0 radical (unpaired) electrons. The van der Waals surface area contributed by atoms with Crippen molar-refractivity contribution in [2.24, 2.45) is 23.2 Å². The van der Waals surface area contributed by atoms with E-state index in [-0.39, 0.29) is 41.2 Å². The number of piperidine rings is 1. The minimum Gasteiger partial charge on any atom is -0.466 e. The number of hydrogen-bond donors (Lipinski definition) is 0. The topological polar surface area (TPSA) is 55.8 Å². The minimum atomic E-state index is -0.127. The van der Waals surface area contributed by atoms with E-state index in [1.165, 1.54) is 11.1 Å². The van der Waals surface area contributed by atoms with Crippen molar-refractivity contribution in [1.82, 2.24) is 4.90 Å². The van der Waals surface area contributed by atoms with Crippen LogP contribution in [0.3, 0.4) is 0 Å². The van der Waals surface area contributed by atoms with Crippen LogP contribution in [-0.2, 0) is 19.1 Å². The third kappa shape index (κ3) is 3.54. The number of rotatable bonds is 4. The highest BCUT2D eigenvalue weighted by Crippen LogP contribution is 2.52. The molecule has 0 amide bonds. The summed E-state index contributed by atoms with van der Waals surface area (Å²) < 4.78 is 11.1. The Bertz CT molecular complexity index is 711. The van der Waals surface area contributed by atoms with Crippen molar-refractivity contribution in [3.63, 3.8) is 0 Å². The Balaban J connectivity index is 1.49. The van der Waals surface area contributed by atoms with Gasteiger partial charge in [0.25, 0.3) is 0 Å². The van der Waals surface area contributed by atoms with E-state index in [4.69, 9.17) is 9.47 Å². The predicted molar refractivity (Wildman–Crippen MR) is 106 cm³/mol. The minimum absolute atomic E-state index is 0.00259. The van der Waals surface area contributed by atoms with Crippen molar-refractivity contribution in [2.75, 3.05) is 26.2 Å². The van der Waals surface area contributed by atoms with Gasteiger partial charge in [-0.1, -0.05) is 24.6 Å². The molecule has 0 saturated carbocycles. The first-order chi connectivity index (χ1) is 13.4. The molecule has 2 saturated heterocycles. The molecule has 0 spiro atoms. The van der Waals surface area contributed by atoms with Gasteiger partial charge in [-0.3, -0.25) is 9.59 Å². The number of carbonyl (C=O) groups is 2. The smallest absolute Gasteiger partial charge is 0.311 e. The van der Waals surface area contributed by atoms with Gasteiger partial charge in [-0.25, -0.2) is 0 Å². The second-order valence-electron chi connectivity index (χ2n) is 9.28. The lowest BCUT2D eigenvalue weighted by Crippen LogP contribution is -2.44. The van der Waals surface area contributed by atoms with Crippen molar-refractivity contribution < 1.29 is 19.1 Å². The van der Waals surface area contributed by atoms with Crippen LogP contribution in [0.15, 0.2) is 23.3 Å². The van der Waals surface area contributed by atoms with Gasteiger partial charge in [0.1, 0.15) is 6.10 Å². The molecule has 28 heavy (non-hydrogen) atoms. The first kappa shape index (κ1) is 19.7. The Morgan fingerprint density at radius 2 is 2.25 bits per heavy atom. The number of nitrogens with zero attached hydrogens (tertiary/aromatic N) is 1. The molecule has 154 valence electrons. The van der Waals surface area contributed by atoms with Crippen LogP contribution >= 0.6 is 0 Å². The summed E-state index contributed by atoms with van der Waals surface area (Å²) in [7, 11) is 0. The average molecular weight is 388 g/mol. The summed E-state index contributed by atoms with van der Waals surface area (Å²) >= 11 is 0. The maximum atomic E-state index is 12.7. The van der Waals surface area contributed by atoms with E-state index in [1.54, 1.807) is 0 Å². The SMILES string of the molecule is CCOC(=O)C1CCCN(CC2C(=O)O[C@@H]3C[C@@]4(C)CCC=C(C)C4=C[C@H]23)C1. The molecule has 5 atom stereocenters. The summed E-state index contributed by atoms with van der Waals surface area (Å²) in [5, 5.41) is 0. The van der Waals surface area contributed by atoms with Gasteiger partial charge < -0.3 is 14.4 Å². The van der Waals surface area contributed by atoms with Gasteiger partial charge in [-0.2, -0.15) is 0 Å². The zero-order valence-electron chi connectivity index (χ0n) is 17.4. The van der Waals surface area contributed by atoms with Crippen LogP contribution in [0.1, 0.15) is 52.9 Å². The normalized spacial score (nSPS) is 38.0. The highest BCUT2D eigenvalue weighted by molar-refractivity contribution is 5.76. The Morgan fingerprint density at radius 1 is 1.43 bits per heavy atom. The molecule has 0 aromatic rings. The maximum Gasteiger partial charge on any atom is 0.311 e. The second kappa shape index (κ2) is 7.66. The summed E-state index contributed by atoms with van der Waals surface area (Å²) in [5.41, 5.74) is 2.92. The van der Waals surface area contributed by atoms with Crippen molar-refractivity contribution >= 4 is 11.9 Å². The molecular formula is C23H33NO4. The molecule has 4 rings (SSSR count). The van der Waals surface area contributed by atoms with Crippen molar-refractivity contribution in [1.29, 1.82) is 0 Å². The molecule has 2 fully saturated rings. The lowest BCUT2D eigenvalue weighted by Gasteiger charge is -2.43. The summed E-state index contributed by atoms with van der Waals surface area (Å²) in [6, 6.07) is 0. The van der Waals surface area contributed by atoms with Gasteiger partial charge in [-0.05, 0) is 63.5 Å². The third-order valence-corrected chi connectivity index (χ3v) is 7.28. The highest BCUT2D eigenvalue weighted by Gasteiger charge is 2.51. The molecule has 0 aromatic heterocycles. The Labute approximate surface area is 168 Å². The van der Waals surface area contributed by atoms with Crippen molar-refractivity contribution in [2.45, 2.75) is 59.0 Å². The van der Waals surface area contributed by atoms with E-state index in [1.807, 2.05) is 6.92 Å². The molecule has 0 aromatic carbocycles. The Kier molecular flexibility index (Phi) is 5.38. The summed E-state index contributed by atoms with van der Waals surface area (Å²) in [6.45, 7) is 9.09. The fourth-order valence-electron chi connectivity index (χ4n) is 5.79. The second-order valence-corrected chi connectivity index (χ2v) is 9.28. The van der Waals surface area contributed by atoms with Crippen LogP contribution in [0, 0.1) is 23.2 Å². The lowest BCUT2D eigenvalue weighted by molar-refractivity contribution is -0.150. The summed E-state index contributed by atoms with van der Waals surface area (Å²) in [5.74, 6) is -0.206.